The lowest BCUT2D eigenvalue weighted by Crippen LogP contribution is -2.43. The van der Waals surface area contributed by atoms with Crippen molar-refractivity contribution in [2.45, 2.75) is 38.5 Å². The van der Waals surface area contributed by atoms with Crippen molar-refractivity contribution in [2.24, 2.45) is 0 Å². The number of hydrogen-bond acceptors (Lipinski definition) is 0. The van der Waals surface area contributed by atoms with E-state index in [-0.39, 0.29) is 10.8 Å². The average molecular weight is 489 g/mol. The molecule has 0 atom stereocenters. The summed E-state index contributed by atoms with van der Waals surface area (Å²) in [7, 11) is 0. The van der Waals surface area contributed by atoms with Crippen molar-refractivity contribution in [3.63, 3.8) is 0 Å². The highest BCUT2D eigenvalue weighted by Crippen LogP contribution is 2.55. The summed E-state index contributed by atoms with van der Waals surface area (Å²) < 4.78 is 0. The molecule has 0 bridgehead atoms. The molecule has 0 nitrogen and oxygen atoms in total. The van der Waals surface area contributed by atoms with E-state index in [9.17, 15) is 0 Å². The summed E-state index contributed by atoms with van der Waals surface area (Å²) in [5.74, 6) is 0. The summed E-state index contributed by atoms with van der Waals surface area (Å²) in [5.41, 5.74) is 10.6. The normalized spacial score (nSPS) is 15.3. The van der Waals surface area contributed by atoms with Gasteiger partial charge in [-0.2, -0.15) is 0 Å². The van der Waals surface area contributed by atoms with E-state index in [0.29, 0.717) is 0 Å². The van der Waals surface area contributed by atoms with Gasteiger partial charge in [0, 0.05) is 0 Å². The van der Waals surface area contributed by atoms with Crippen LogP contribution in [0.4, 0.5) is 0 Å². The zero-order chi connectivity index (χ0) is 26.1. The van der Waals surface area contributed by atoms with Crippen LogP contribution in [0.3, 0.4) is 0 Å². The van der Waals surface area contributed by atoms with Crippen molar-refractivity contribution in [2.75, 3.05) is 0 Å². The monoisotopic (exact) mass is 488 g/mol. The molecule has 0 radical (unpaired) electrons. The minimum Gasteiger partial charge on any atom is -0.0616 e. The second-order valence-corrected chi connectivity index (χ2v) is 11.9. The Labute approximate surface area is 225 Å². The second kappa shape index (κ2) is 8.17. The maximum atomic E-state index is 2.45. The van der Waals surface area contributed by atoms with Crippen molar-refractivity contribution in [3.8, 4) is 33.4 Å². The third-order valence-electron chi connectivity index (χ3n) is 9.40. The standard InChI is InChI=1S/C38H32/c1-37(2)35-23-31(29-15-13-25-9-5-7-11-27(25)21-29)17-19-33(35)34-20-18-32(24-36(34)38(37,3)4)30-16-14-26-10-6-8-12-28(26)22-30/h5-24H,1-4H3. The van der Waals surface area contributed by atoms with Crippen LogP contribution in [-0.2, 0) is 10.8 Å². The molecule has 1 aliphatic rings. The quantitative estimate of drug-likeness (QED) is 0.227. The molecule has 6 aromatic carbocycles. The molecule has 0 aliphatic heterocycles. The highest BCUT2D eigenvalue weighted by atomic mass is 14.5. The minimum absolute atomic E-state index is 0.0375. The van der Waals surface area contributed by atoms with Crippen molar-refractivity contribution in [1.29, 1.82) is 0 Å². The average Bonchev–Trinajstić information content (AvgIpc) is 2.95. The molecular formula is C38H32. The second-order valence-electron chi connectivity index (χ2n) is 11.9. The number of rotatable bonds is 2. The first-order valence-electron chi connectivity index (χ1n) is 13.6. The Hall–Kier alpha value is -4.16. The molecule has 0 saturated carbocycles. The van der Waals surface area contributed by atoms with Gasteiger partial charge in [-0.25, -0.2) is 0 Å². The maximum absolute atomic E-state index is 2.45. The van der Waals surface area contributed by atoms with Crippen LogP contribution in [0.25, 0.3) is 54.9 Å². The van der Waals surface area contributed by atoms with Gasteiger partial charge < -0.3 is 0 Å². The fourth-order valence-electron chi connectivity index (χ4n) is 6.36. The van der Waals surface area contributed by atoms with Gasteiger partial charge in [0.05, 0.1) is 0 Å². The highest BCUT2D eigenvalue weighted by Gasteiger charge is 2.46. The van der Waals surface area contributed by atoms with E-state index in [1.807, 2.05) is 0 Å². The summed E-state index contributed by atoms with van der Waals surface area (Å²) >= 11 is 0. The fraction of sp³-hybridized carbons (Fsp3) is 0.158. The van der Waals surface area contributed by atoms with Crippen molar-refractivity contribution in [1.82, 2.24) is 0 Å². The van der Waals surface area contributed by atoms with Gasteiger partial charge in [0.25, 0.3) is 0 Å². The lowest BCUT2D eigenvalue weighted by Gasteiger charge is -2.48. The zero-order valence-electron chi connectivity index (χ0n) is 22.5. The van der Waals surface area contributed by atoms with Gasteiger partial charge in [-0.05, 0) is 101 Å². The molecule has 7 rings (SSSR count). The highest BCUT2D eigenvalue weighted by molar-refractivity contribution is 5.90. The van der Waals surface area contributed by atoms with Crippen molar-refractivity contribution >= 4 is 21.5 Å². The largest absolute Gasteiger partial charge is 0.0616 e. The lowest BCUT2D eigenvalue weighted by atomic mass is 9.55. The Morgan fingerprint density at radius 1 is 0.342 bits per heavy atom. The van der Waals surface area contributed by atoms with E-state index in [4.69, 9.17) is 0 Å². The Morgan fingerprint density at radius 3 is 1.11 bits per heavy atom. The zero-order valence-corrected chi connectivity index (χ0v) is 22.5. The summed E-state index contributed by atoms with van der Waals surface area (Å²) in [6.45, 7) is 9.67. The Kier molecular flexibility index (Phi) is 4.94. The molecule has 184 valence electrons. The van der Waals surface area contributed by atoms with Gasteiger partial charge in [-0.15, -0.1) is 0 Å². The Balaban J connectivity index is 1.37. The summed E-state index contributed by atoms with van der Waals surface area (Å²) in [5, 5.41) is 5.14. The third-order valence-corrected chi connectivity index (χ3v) is 9.40. The van der Waals surface area contributed by atoms with Crippen LogP contribution in [0, 0.1) is 0 Å². The van der Waals surface area contributed by atoms with Gasteiger partial charge in [-0.1, -0.05) is 125 Å². The van der Waals surface area contributed by atoms with E-state index in [0.717, 1.165) is 0 Å². The number of fused-ring (bicyclic) bond motifs is 5. The molecule has 38 heavy (non-hydrogen) atoms. The molecule has 0 aromatic heterocycles. The topological polar surface area (TPSA) is 0 Å². The molecule has 0 N–H and O–H groups in total. The van der Waals surface area contributed by atoms with E-state index in [2.05, 4.69) is 149 Å². The van der Waals surface area contributed by atoms with Crippen molar-refractivity contribution < 1.29 is 0 Å². The van der Waals surface area contributed by atoms with Gasteiger partial charge in [-0.3, -0.25) is 0 Å². The molecule has 0 heterocycles. The fourth-order valence-corrected chi connectivity index (χ4v) is 6.36. The molecule has 6 aromatic rings. The molecule has 0 fully saturated rings. The maximum Gasteiger partial charge on any atom is -0.000546 e. The predicted molar refractivity (Wildman–Crippen MR) is 164 cm³/mol. The minimum atomic E-state index is -0.0375. The van der Waals surface area contributed by atoms with Gasteiger partial charge in [0.15, 0.2) is 0 Å². The SMILES string of the molecule is CC1(C)c2cc(-c3ccc4ccccc4c3)ccc2-c2ccc(-c3ccc4ccccc4c3)cc2C1(C)C. The van der Waals surface area contributed by atoms with Gasteiger partial charge in [0.1, 0.15) is 0 Å². The van der Waals surface area contributed by atoms with Crippen LogP contribution in [-0.4, -0.2) is 0 Å². The van der Waals surface area contributed by atoms with Crippen LogP contribution < -0.4 is 0 Å². The third kappa shape index (κ3) is 3.37. The van der Waals surface area contributed by atoms with Crippen molar-refractivity contribution in [3.05, 3.63) is 132 Å². The van der Waals surface area contributed by atoms with Crippen LogP contribution in [0.1, 0.15) is 38.8 Å². The molecular weight excluding hydrogens is 456 g/mol. The van der Waals surface area contributed by atoms with Gasteiger partial charge >= 0.3 is 0 Å². The first kappa shape index (κ1) is 23.0. The van der Waals surface area contributed by atoms with E-state index < -0.39 is 0 Å². The molecule has 0 spiro atoms. The van der Waals surface area contributed by atoms with Crippen LogP contribution in [0.2, 0.25) is 0 Å². The molecule has 0 heteroatoms. The summed E-state index contributed by atoms with van der Waals surface area (Å²) in [6, 6.07) is 45.1. The first-order valence-corrected chi connectivity index (χ1v) is 13.6. The lowest BCUT2D eigenvalue weighted by molar-refractivity contribution is 0.299. The predicted octanol–water partition coefficient (Wildman–Crippen LogP) is 10.6. The van der Waals surface area contributed by atoms with E-state index in [1.165, 1.54) is 66.1 Å². The Bertz CT molecular complexity index is 1730. The molecule has 0 amide bonds. The summed E-state index contributed by atoms with van der Waals surface area (Å²) in [6.07, 6.45) is 0. The molecule has 1 aliphatic carbocycles. The molecule has 0 saturated heterocycles. The number of benzene rings is 6. The Morgan fingerprint density at radius 2 is 0.684 bits per heavy atom. The van der Waals surface area contributed by atoms with Crippen LogP contribution in [0.5, 0.6) is 0 Å². The molecule has 0 unspecified atom stereocenters. The first-order chi connectivity index (χ1) is 18.3. The van der Waals surface area contributed by atoms with Crippen LogP contribution in [0.15, 0.2) is 121 Å². The summed E-state index contributed by atoms with van der Waals surface area (Å²) in [4.78, 5) is 0. The number of hydrogen-bond donors (Lipinski definition) is 0. The van der Waals surface area contributed by atoms with E-state index in [1.54, 1.807) is 0 Å². The van der Waals surface area contributed by atoms with E-state index >= 15 is 0 Å². The smallest absolute Gasteiger partial charge is 0.000546 e. The van der Waals surface area contributed by atoms with Crippen LogP contribution >= 0.6 is 0 Å². The van der Waals surface area contributed by atoms with Gasteiger partial charge in [0.2, 0.25) is 0 Å².